The van der Waals surface area contributed by atoms with Crippen LogP contribution in [0.4, 0.5) is 0 Å². The van der Waals surface area contributed by atoms with Gasteiger partial charge in [0.1, 0.15) is 0 Å². The highest BCUT2D eigenvalue weighted by atomic mass is 35.5. The Hall–Kier alpha value is -1.10. The highest BCUT2D eigenvalue weighted by Crippen LogP contribution is 2.12. The fraction of sp³-hybridized carbons (Fsp3) is 0.611. The summed E-state index contributed by atoms with van der Waals surface area (Å²) in [5.74, 6) is 0.137. The highest BCUT2D eigenvalue weighted by molar-refractivity contribution is 5.85. The van der Waals surface area contributed by atoms with E-state index in [1.807, 2.05) is 13.0 Å². The Morgan fingerprint density at radius 3 is 2.26 bits per heavy atom. The highest BCUT2D eigenvalue weighted by Gasteiger charge is 2.19. The molecule has 5 heteroatoms. The van der Waals surface area contributed by atoms with Gasteiger partial charge in [-0.3, -0.25) is 9.69 Å². The quantitative estimate of drug-likeness (QED) is 0.726. The van der Waals surface area contributed by atoms with Gasteiger partial charge in [-0.25, -0.2) is 0 Å². The Bertz CT molecular complexity index is 463. The fourth-order valence-electron chi connectivity index (χ4n) is 2.38. The minimum Gasteiger partial charge on any atom is -0.351 e. The van der Waals surface area contributed by atoms with Crippen molar-refractivity contribution in [2.45, 2.75) is 53.2 Å². The van der Waals surface area contributed by atoms with E-state index in [2.05, 4.69) is 49.2 Å². The number of nitrogens with two attached hydrogens (primary N) is 1. The summed E-state index contributed by atoms with van der Waals surface area (Å²) in [6.07, 6.45) is 0.910. The third-order valence-corrected chi connectivity index (χ3v) is 4.42. The van der Waals surface area contributed by atoms with Crippen molar-refractivity contribution in [3.05, 3.63) is 35.4 Å². The molecule has 23 heavy (non-hydrogen) atoms. The number of rotatable bonds is 9. The van der Waals surface area contributed by atoms with Gasteiger partial charge in [-0.2, -0.15) is 0 Å². The average molecular weight is 342 g/mol. The van der Waals surface area contributed by atoms with Crippen LogP contribution in [-0.4, -0.2) is 29.9 Å². The second-order valence-corrected chi connectivity index (χ2v) is 5.86. The number of carbonyl (C=O) groups is 1. The van der Waals surface area contributed by atoms with Crippen molar-refractivity contribution < 1.29 is 4.79 Å². The molecule has 0 aliphatic rings. The van der Waals surface area contributed by atoms with Crippen LogP contribution in [0, 0.1) is 5.92 Å². The van der Waals surface area contributed by atoms with Crippen molar-refractivity contribution in [1.29, 1.82) is 0 Å². The maximum atomic E-state index is 12.1. The van der Waals surface area contributed by atoms with E-state index in [1.54, 1.807) is 0 Å². The number of halogens is 1. The van der Waals surface area contributed by atoms with Crippen LogP contribution in [0.25, 0.3) is 0 Å². The van der Waals surface area contributed by atoms with Gasteiger partial charge in [0, 0.05) is 13.1 Å². The molecule has 2 atom stereocenters. The molecule has 0 heterocycles. The second-order valence-electron chi connectivity index (χ2n) is 5.86. The molecule has 0 saturated carbocycles. The van der Waals surface area contributed by atoms with Gasteiger partial charge in [0.25, 0.3) is 0 Å². The maximum Gasteiger partial charge on any atom is 0.237 e. The lowest BCUT2D eigenvalue weighted by Crippen LogP contribution is -2.44. The molecule has 1 aromatic rings. The summed E-state index contributed by atoms with van der Waals surface area (Å²) in [5.41, 5.74) is 8.41. The number of amides is 1. The Balaban J connectivity index is 0.00000484. The number of carbonyl (C=O) groups excluding carboxylic acids is 1. The molecule has 1 rings (SSSR count). The molecular formula is C18H32ClN3O. The van der Waals surface area contributed by atoms with Crippen molar-refractivity contribution in [3.63, 3.8) is 0 Å². The molecule has 1 amide bonds. The first-order valence-electron chi connectivity index (χ1n) is 8.35. The number of nitrogens with zero attached hydrogens (tertiary/aromatic N) is 1. The summed E-state index contributed by atoms with van der Waals surface area (Å²) in [6.45, 7) is 11.9. The molecule has 0 aliphatic carbocycles. The van der Waals surface area contributed by atoms with Gasteiger partial charge in [-0.1, -0.05) is 58.4 Å². The van der Waals surface area contributed by atoms with Crippen LogP contribution in [0.2, 0.25) is 0 Å². The van der Waals surface area contributed by atoms with Crippen molar-refractivity contribution in [2.75, 3.05) is 13.1 Å². The molecular weight excluding hydrogens is 310 g/mol. The lowest BCUT2D eigenvalue weighted by molar-refractivity contribution is -0.123. The summed E-state index contributed by atoms with van der Waals surface area (Å²) in [7, 11) is 0. The number of hydrogen-bond donors (Lipinski definition) is 2. The van der Waals surface area contributed by atoms with Gasteiger partial charge < -0.3 is 11.1 Å². The van der Waals surface area contributed by atoms with Crippen LogP contribution >= 0.6 is 12.4 Å². The van der Waals surface area contributed by atoms with E-state index in [-0.39, 0.29) is 24.2 Å². The first kappa shape index (κ1) is 21.9. The third-order valence-electron chi connectivity index (χ3n) is 4.42. The van der Waals surface area contributed by atoms with Crippen molar-refractivity contribution in [1.82, 2.24) is 10.2 Å². The van der Waals surface area contributed by atoms with Gasteiger partial charge in [-0.15, -0.1) is 12.4 Å². The largest absolute Gasteiger partial charge is 0.351 e. The van der Waals surface area contributed by atoms with Crippen LogP contribution in [0.15, 0.2) is 24.3 Å². The standard InChI is InChI=1S/C18H31N3O.ClH/c1-5-14(4)17(19)18(22)20-12-15-10-8-9-11-16(15)13-21(6-2)7-3;/h8-11,14,17H,5-7,12-13,19H2,1-4H3,(H,20,22);1H. The normalized spacial score (nSPS) is 13.3. The zero-order valence-corrected chi connectivity index (χ0v) is 15.7. The lowest BCUT2D eigenvalue weighted by atomic mass is 9.99. The maximum absolute atomic E-state index is 12.1. The number of hydrogen-bond acceptors (Lipinski definition) is 3. The van der Waals surface area contributed by atoms with Crippen LogP contribution in [0.3, 0.4) is 0 Å². The summed E-state index contributed by atoms with van der Waals surface area (Å²) < 4.78 is 0. The fourth-order valence-corrected chi connectivity index (χ4v) is 2.38. The molecule has 0 saturated heterocycles. The van der Waals surface area contributed by atoms with E-state index < -0.39 is 6.04 Å². The van der Waals surface area contributed by atoms with Crippen LogP contribution in [0.1, 0.15) is 45.2 Å². The van der Waals surface area contributed by atoms with E-state index in [0.717, 1.165) is 26.1 Å². The number of nitrogens with one attached hydrogen (secondary N) is 1. The molecule has 0 bridgehead atoms. The van der Waals surface area contributed by atoms with E-state index in [4.69, 9.17) is 5.73 Å². The van der Waals surface area contributed by atoms with E-state index in [9.17, 15) is 4.79 Å². The van der Waals surface area contributed by atoms with E-state index in [0.29, 0.717) is 6.54 Å². The molecule has 0 aromatic heterocycles. The SMILES string of the molecule is CCC(C)C(N)C(=O)NCc1ccccc1CN(CC)CC.Cl. The predicted molar refractivity (Wildman–Crippen MR) is 99.6 cm³/mol. The molecule has 0 fully saturated rings. The molecule has 3 N–H and O–H groups in total. The van der Waals surface area contributed by atoms with Gasteiger partial charge >= 0.3 is 0 Å². The molecule has 132 valence electrons. The topological polar surface area (TPSA) is 58.4 Å². The van der Waals surface area contributed by atoms with Gasteiger partial charge in [0.2, 0.25) is 5.91 Å². The van der Waals surface area contributed by atoms with Crippen molar-refractivity contribution in [3.8, 4) is 0 Å². The molecule has 1 aromatic carbocycles. The minimum absolute atomic E-state index is 0. The lowest BCUT2D eigenvalue weighted by Gasteiger charge is -2.21. The van der Waals surface area contributed by atoms with E-state index >= 15 is 0 Å². The van der Waals surface area contributed by atoms with Crippen molar-refractivity contribution in [2.24, 2.45) is 11.7 Å². The Morgan fingerprint density at radius 2 is 1.74 bits per heavy atom. The molecule has 2 unspecified atom stereocenters. The first-order chi connectivity index (χ1) is 10.5. The summed E-state index contributed by atoms with van der Waals surface area (Å²) in [4.78, 5) is 14.5. The minimum atomic E-state index is -0.431. The van der Waals surface area contributed by atoms with Crippen LogP contribution in [-0.2, 0) is 17.9 Å². The third kappa shape index (κ3) is 6.90. The van der Waals surface area contributed by atoms with Gasteiger partial charge in [0.05, 0.1) is 6.04 Å². The average Bonchev–Trinajstić information content (AvgIpc) is 2.56. The Morgan fingerprint density at radius 1 is 1.17 bits per heavy atom. The monoisotopic (exact) mass is 341 g/mol. The zero-order chi connectivity index (χ0) is 16.5. The first-order valence-corrected chi connectivity index (χ1v) is 8.35. The summed E-state index contributed by atoms with van der Waals surface area (Å²) in [6, 6.07) is 7.85. The zero-order valence-electron chi connectivity index (χ0n) is 14.8. The molecule has 4 nitrogen and oxygen atoms in total. The van der Waals surface area contributed by atoms with Crippen molar-refractivity contribution >= 4 is 18.3 Å². The summed E-state index contributed by atoms with van der Waals surface area (Å²) in [5, 5.41) is 2.98. The van der Waals surface area contributed by atoms with E-state index in [1.165, 1.54) is 11.1 Å². The van der Waals surface area contributed by atoms with Crippen LogP contribution < -0.4 is 11.1 Å². The predicted octanol–water partition coefficient (Wildman–Crippen LogP) is 2.94. The molecule has 0 aliphatic heterocycles. The van der Waals surface area contributed by atoms with Crippen LogP contribution in [0.5, 0.6) is 0 Å². The molecule has 0 radical (unpaired) electrons. The molecule has 0 spiro atoms. The summed E-state index contributed by atoms with van der Waals surface area (Å²) >= 11 is 0. The number of benzene rings is 1. The smallest absolute Gasteiger partial charge is 0.237 e. The second kappa shape index (κ2) is 11.4. The Labute approximate surface area is 147 Å². The van der Waals surface area contributed by atoms with Gasteiger partial charge in [0.15, 0.2) is 0 Å². The van der Waals surface area contributed by atoms with Gasteiger partial charge in [-0.05, 0) is 30.1 Å². The Kier molecular flexibility index (Phi) is 10.9.